The van der Waals surface area contributed by atoms with Gasteiger partial charge in [-0.1, -0.05) is 6.07 Å². The molecule has 1 aliphatic heterocycles. The number of benzene rings is 1. The van der Waals surface area contributed by atoms with Gasteiger partial charge in [-0.3, -0.25) is 0 Å². The summed E-state index contributed by atoms with van der Waals surface area (Å²) in [6, 6.07) is 5.06. The van der Waals surface area contributed by atoms with Crippen LogP contribution in [0.4, 0.5) is 4.39 Å². The first-order valence-electron chi connectivity index (χ1n) is 6.38. The molecule has 2 rings (SSSR count). The van der Waals surface area contributed by atoms with Crippen LogP contribution >= 0.6 is 0 Å². The van der Waals surface area contributed by atoms with E-state index in [2.05, 4.69) is 5.32 Å². The van der Waals surface area contributed by atoms with Gasteiger partial charge in [0.1, 0.15) is 11.6 Å². The van der Waals surface area contributed by atoms with Crippen molar-refractivity contribution in [3.05, 3.63) is 29.6 Å². The minimum absolute atomic E-state index is 0.00211. The molecule has 1 saturated heterocycles. The zero-order chi connectivity index (χ0) is 13.0. The molecule has 1 aromatic rings. The third-order valence-electron chi connectivity index (χ3n) is 3.38. The molecule has 0 saturated carbocycles. The second-order valence-electron chi connectivity index (χ2n) is 4.73. The molecule has 18 heavy (non-hydrogen) atoms. The second kappa shape index (κ2) is 6.16. The van der Waals surface area contributed by atoms with Crippen molar-refractivity contribution in [3.8, 4) is 5.75 Å². The predicted molar refractivity (Wildman–Crippen MR) is 68.3 cm³/mol. The topological polar surface area (TPSA) is 30.5 Å². The second-order valence-corrected chi connectivity index (χ2v) is 4.73. The monoisotopic (exact) mass is 253 g/mol. The van der Waals surface area contributed by atoms with Crippen LogP contribution in [0.5, 0.6) is 5.75 Å². The van der Waals surface area contributed by atoms with Crippen LogP contribution in [0.1, 0.15) is 24.9 Å². The van der Waals surface area contributed by atoms with Crippen molar-refractivity contribution in [3.63, 3.8) is 0 Å². The maximum atomic E-state index is 13.8. The van der Waals surface area contributed by atoms with E-state index in [1.165, 1.54) is 6.07 Å². The zero-order valence-electron chi connectivity index (χ0n) is 10.9. The summed E-state index contributed by atoms with van der Waals surface area (Å²) < 4.78 is 24.7. The Morgan fingerprint density at radius 3 is 3.00 bits per heavy atom. The summed E-state index contributed by atoms with van der Waals surface area (Å²) in [4.78, 5) is 0. The lowest BCUT2D eigenvalue weighted by atomic mass is 10.1. The molecule has 0 aromatic heterocycles. The van der Waals surface area contributed by atoms with E-state index in [-0.39, 0.29) is 11.9 Å². The van der Waals surface area contributed by atoms with E-state index in [4.69, 9.17) is 9.47 Å². The highest BCUT2D eigenvalue weighted by Gasteiger charge is 2.16. The Morgan fingerprint density at radius 2 is 2.39 bits per heavy atom. The van der Waals surface area contributed by atoms with Gasteiger partial charge in [0.05, 0.1) is 13.2 Å². The summed E-state index contributed by atoms with van der Waals surface area (Å²) in [5.41, 5.74) is 0.661. The van der Waals surface area contributed by atoms with Crippen molar-refractivity contribution in [2.45, 2.75) is 19.4 Å². The predicted octanol–water partition coefficient (Wildman–Crippen LogP) is 2.52. The van der Waals surface area contributed by atoms with Crippen LogP contribution in [0.3, 0.4) is 0 Å². The molecule has 0 amide bonds. The zero-order valence-corrected chi connectivity index (χ0v) is 10.9. The van der Waals surface area contributed by atoms with Gasteiger partial charge in [-0.05, 0) is 26.5 Å². The molecule has 1 N–H and O–H groups in total. The van der Waals surface area contributed by atoms with E-state index in [1.54, 1.807) is 6.07 Å². The largest absolute Gasteiger partial charge is 0.493 e. The fourth-order valence-corrected chi connectivity index (χ4v) is 2.03. The normalized spacial score (nSPS) is 20.9. The first kappa shape index (κ1) is 13.3. The van der Waals surface area contributed by atoms with Crippen molar-refractivity contribution in [1.82, 2.24) is 5.32 Å². The molecule has 3 nitrogen and oxygen atoms in total. The summed E-state index contributed by atoms with van der Waals surface area (Å²) >= 11 is 0. The smallest absolute Gasteiger partial charge is 0.131 e. The van der Waals surface area contributed by atoms with Gasteiger partial charge in [0.25, 0.3) is 0 Å². The van der Waals surface area contributed by atoms with E-state index in [0.29, 0.717) is 23.8 Å². The van der Waals surface area contributed by atoms with Gasteiger partial charge >= 0.3 is 0 Å². The lowest BCUT2D eigenvalue weighted by Gasteiger charge is -2.14. The first-order chi connectivity index (χ1) is 8.70. The number of hydrogen-bond donors (Lipinski definition) is 1. The van der Waals surface area contributed by atoms with Gasteiger partial charge in [0.2, 0.25) is 0 Å². The quantitative estimate of drug-likeness (QED) is 0.874. The van der Waals surface area contributed by atoms with E-state index in [9.17, 15) is 4.39 Å². The fraction of sp³-hybridized carbons (Fsp3) is 0.571. The van der Waals surface area contributed by atoms with Crippen molar-refractivity contribution in [2.24, 2.45) is 5.92 Å². The van der Waals surface area contributed by atoms with Crippen LogP contribution in [0.15, 0.2) is 18.2 Å². The number of ether oxygens (including phenoxy) is 2. The SMILES string of the molecule is CNC(C)c1ccc(OCC2CCOC2)cc1F. The molecule has 2 atom stereocenters. The van der Waals surface area contributed by atoms with E-state index < -0.39 is 0 Å². The lowest BCUT2D eigenvalue weighted by molar-refractivity contribution is 0.167. The average Bonchev–Trinajstić information content (AvgIpc) is 2.88. The van der Waals surface area contributed by atoms with Gasteiger partial charge in [-0.2, -0.15) is 0 Å². The Balaban J connectivity index is 1.95. The van der Waals surface area contributed by atoms with Crippen LogP contribution in [0.25, 0.3) is 0 Å². The minimum atomic E-state index is -0.225. The van der Waals surface area contributed by atoms with Crippen LogP contribution in [0.2, 0.25) is 0 Å². The molecule has 1 aliphatic rings. The molecule has 1 aromatic carbocycles. The van der Waals surface area contributed by atoms with Gasteiger partial charge in [-0.25, -0.2) is 4.39 Å². The molecule has 0 radical (unpaired) electrons. The summed E-state index contributed by atoms with van der Waals surface area (Å²) in [6.45, 7) is 4.08. The standard InChI is InChI=1S/C14H20FNO2/c1-10(16-2)13-4-3-12(7-14(13)15)18-9-11-5-6-17-8-11/h3-4,7,10-11,16H,5-6,8-9H2,1-2H3. The van der Waals surface area contributed by atoms with E-state index >= 15 is 0 Å². The minimum Gasteiger partial charge on any atom is -0.493 e. The highest BCUT2D eigenvalue weighted by molar-refractivity contribution is 5.30. The molecule has 1 heterocycles. The Kier molecular flexibility index (Phi) is 4.55. The van der Waals surface area contributed by atoms with E-state index in [0.717, 1.165) is 19.6 Å². The number of hydrogen-bond acceptors (Lipinski definition) is 3. The number of halogens is 1. The molecule has 0 bridgehead atoms. The summed E-state index contributed by atoms with van der Waals surface area (Å²) in [5.74, 6) is 0.799. The highest BCUT2D eigenvalue weighted by Crippen LogP contribution is 2.22. The van der Waals surface area contributed by atoms with E-state index in [1.807, 2.05) is 20.0 Å². The van der Waals surface area contributed by atoms with Crippen LogP contribution in [-0.4, -0.2) is 26.9 Å². The molecule has 4 heteroatoms. The Labute approximate surface area is 107 Å². The van der Waals surface area contributed by atoms with Crippen LogP contribution < -0.4 is 10.1 Å². The molecular weight excluding hydrogens is 233 g/mol. The lowest BCUT2D eigenvalue weighted by Crippen LogP contribution is -2.14. The number of rotatable bonds is 5. The maximum absolute atomic E-state index is 13.8. The molecule has 0 aliphatic carbocycles. The van der Waals surface area contributed by atoms with Gasteiger partial charge in [0, 0.05) is 30.2 Å². The van der Waals surface area contributed by atoms with Gasteiger partial charge in [-0.15, -0.1) is 0 Å². The molecule has 0 spiro atoms. The summed E-state index contributed by atoms with van der Waals surface area (Å²) in [6.07, 6.45) is 1.03. The first-order valence-corrected chi connectivity index (χ1v) is 6.38. The van der Waals surface area contributed by atoms with Gasteiger partial charge < -0.3 is 14.8 Å². The van der Waals surface area contributed by atoms with Crippen LogP contribution in [-0.2, 0) is 4.74 Å². The Morgan fingerprint density at radius 1 is 1.56 bits per heavy atom. The van der Waals surface area contributed by atoms with Crippen LogP contribution in [0, 0.1) is 11.7 Å². The van der Waals surface area contributed by atoms with Crippen molar-refractivity contribution in [1.29, 1.82) is 0 Å². The molecule has 1 fully saturated rings. The van der Waals surface area contributed by atoms with Crippen molar-refractivity contribution in [2.75, 3.05) is 26.9 Å². The van der Waals surface area contributed by atoms with Crippen molar-refractivity contribution >= 4 is 0 Å². The van der Waals surface area contributed by atoms with Crippen molar-refractivity contribution < 1.29 is 13.9 Å². The average molecular weight is 253 g/mol. The Hall–Kier alpha value is -1.13. The third kappa shape index (κ3) is 3.21. The fourth-order valence-electron chi connectivity index (χ4n) is 2.03. The summed E-state index contributed by atoms with van der Waals surface area (Å²) in [5, 5.41) is 3.02. The molecular formula is C14H20FNO2. The Bertz CT molecular complexity index is 391. The van der Waals surface area contributed by atoms with Gasteiger partial charge in [0.15, 0.2) is 0 Å². The number of nitrogens with one attached hydrogen (secondary N) is 1. The highest BCUT2D eigenvalue weighted by atomic mass is 19.1. The maximum Gasteiger partial charge on any atom is 0.131 e. The third-order valence-corrected chi connectivity index (χ3v) is 3.38. The molecule has 2 unspecified atom stereocenters. The summed E-state index contributed by atoms with van der Waals surface area (Å²) in [7, 11) is 1.81. The molecule has 100 valence electrons.